The summed E-state index contributed by atoms with van der Waals surface area (Å²) in [6, 6.07) is 7.11. The molecule has 0 saturated carbocycles. The number of nitrogens with one attached hydrogen (secondary N) is 1. The Hall–Kier alpha value is -2.04. The van der Waals surface area contributed by atoms with Crippen molar-refractivity contribution in [2.75, 3.05) is 18.5 Å². The molecule has 0 aromatic heterocycles. The molecule has 5 nitrogen and oxygen atoms in total. The Morgan fingerprint density at radius 3 is 2.57 bits per heavy atom. The lowest BCUT2D eigenvalue weighted by molar-refractivity contribution is -0.152. The van der Waals surface area contributed by atoms with Crippen molar-refractivity contribution in [2.24, 2.45) is 5.92 Å². The SMILES string of the molecule is CCCCC(CC)COc1ccccc1NC(=O)C(=O)OCC. The number of unbranched alkanes of at least 4 members (excludes halogenated alkanes) is 1. The van der Waals surface area contributed by atoms with Gasteiger partial charge in [-0.25, -0.2) is 4.79 Å². The Kier molecular flexibility index (Phi) is 8.80. The van der Waals surface area contributed by atoms with Crippen LogP contribution in [0.1, 0.15) is 46.5 Å². The molecule has 0 saturated heterocycles. The summed E-state index contributed by atoms with van der Waals surface area (Å²) in [5.74, 6) is -0.624. The molecule has 0 aliphatic carbocycles. The Morgan fingerprint density at radius 1 is 1.17 bits per heavy atom. The quantitative estimate of drug-likeness (QED) is 0.555. The van der Waals surface area contributed by atoms with E-state index in [9.17, 15) is 9.59 Å². The molecule has 0 bridgehead atoms. The summed E-state index contributed by atoms with van der Waals surface area (Å²) in [7, 11) is 0. The van der Waals surface area contributed by atoms with E-state index in [-0.39, 0.29) is 6.61 Å². The highest BCUT2D eigenvalue weighted by molar-refractivity contribution is 6.37. The van der Waals surface area contributed by atoms with Crippen molar-refractivity contribution in [1.29, 1.82) is 0 Å². The molecule has 0 fully saturated rings. The minimum absolute atomic E-state index is 0.167. The van der Waals surface area contributed by atoms with Crippen molar-refractivity contribution in [1.82, 2.24) is 0 Å². The van der Waals surface area contributed by atoms with E-state index >= 15 is 0 Å². The number of hydrogen-bond acceptors (Lipinski definition) is 4. The molecule has 0 aliphatic rings. The molecule has 23 heavy (non-hydrogen) atoms. The van der Waals surface area contributed by atoms with Gasteiger partial charge < -0.3 is 14.8 Å². The lowest BCUT2D eigenvalue weighted by atomic mass is 10.0. The third-order valence-corrected chi connectivity index (χ3v) is 3.61. The van der Waals surface area contributed by atoms with Crippen LogP contribution >= 0.6 is 0 Å². The second kappa shape index (κ2) is 10.6. The third-order valence-electron chi connectivity index (χ3n) is 3.61. The van der Waals surface area contributed by atoms with E-state index in [4.69, 9.17) is 4.74 Å². The van der Waals surface area contributed by atoms with Crippen LogP contribution in [0.4, 0.5) is 5.69 Å². The first-order valence-corrected chi connectivity index (χ1v) is 8.32. The average Bonchev–Trinajstić information content (AvgIpc) is 2.56. The average molecular weight is 321 g/mol. The predicted molar refractivity (Wildman–Crippen MR) is 90.5 cm³/mol. The van der Waals surface area contributed by atoms with Crippen molar-refractivity contribution in [3.8, 4) is 5.75 Å². The molecule has 1 amide bonds. The van der Waals surface area contributed by atoms with Crippen molar-refractivity contribution in [3.05, 3.63) is 24.3 Å². The van der Waals surface area contributed by atoms with Gasteiger partial charge in [-0.15, -0.1) is 0 Å². The fraction of sp³-hybridized carbons (Fsp3) is 0.556. The first-order chi connectivity index (χ1) is 11.1. The van der Waals surface area contributed by atoms with Gasteiger partial charge in [0.2, 0.25) is 0 Å². The van der Waals surface area contributed by atoms with Crippen LogP contribution in [-0.2, 0) is 14.3 Å². The molecular weight excluding hydrogens is 294 g/mol. The summed E-state index contributed by atoms with van der Waals surface area (Å²) in [6.07, 6.45) is 4.54. The van der Waals surface area contributed by atoms with E-state index in [1.807, 2.05) is 6.07 Å². The summed E-state index contributed by atoms with van der Waals surface area (Å²) in [6.45, 7) is 6.75. The maximum absolute atomic E-state index is 11.7. The van der Waals surface area contributed by atoms with Gasteiger partial charge in [-0.05, 0) is 31.4 Å². The first kappa shape index (κ1) is 19.0. The predicted octanol–water partition coefficient (Wildman–Crippen LogP) is 3.78. The molecule has 1 atom stereocenters. The van der Waals surface area contributed by atoms with Gasteiger partial charge in [0.15, 0.2) is 0 Å². The lowest BCUT2D eigenvalue weighted by Crippen LogP contribution is -2.25. The highest BCUT2D eigenvalue weighted by Gasteiger charge is 2.17. The zero-order valence-electron chi connectivity index (χ0n) is 14.3. The number of esters is 1. The summed E-state index contributed by atoms with van der Waals surface area (Å²) in [5.41, 5.74) is 0.482. The minimum Gasteiger partial charge on any atom is -0.491 e. The van der Waals surface area contributed by atoms with Crippen LogP contribution in [0, 0.1) is 5.92 Å². The molecule has 5 heteroatoms. The zero-order chi connectivity index (χ0) is 17.1. The number of benzene rings is 1. The Balaban J connectivity index is 2.66. The number of carbonyl (C=O) groups is 2. The Bertz CT molecular complexity index is 502. The molecular formula is C18H27NO4. The summed E-state index contributed by atoms with van der Waals surface area (Å²) >= 11 is 0. The standard InChI is InChI=1S/C18H27NO4/c1-4-7-10-14(5-2)13-23-16-12-9-8-11-15(16)19-17(20)18(21)22-6-3/h8-9,11-12,14H,4-7,10,13H2,1-3H3,(H,19,20). The molecule has 1 unspecified atom stereocenters. The third kappa shape index (κ3) is 6.72. The van der Waals surface area contributed by atoms with Crippen molar-refractivity contribution < 1.29 is 19.1 Å². The fourth-order valence-corrected chi connectivity index (χ4v) is 2.17. The van der Waals surface area contributed by atoms with Crippen LogP contribution in [-0.4, -0.2) is 25.1 Å². The van der Waals surface area contributed by atoms with E-state index in [1.54, 1.807) is 25.1 Å². The number of carbonyl (C=O) groups excluding carboxylic acids is 2. The molecule has 128 valence electrons. The molecule has 1 N–H and O–H groups in total. The number of para-hydroxylation sites is 2. The second-order valence-electron chi connectivity index (χ2n) is 5.40. The number of ether oxygens (including phenoxy) is 2. The zero-order valence-corrected chi connectivity index (χ0v) is 14.3. The highest BCUT2D eigenvalue weighted by atomic mass is 16.5. The molecule has 0 radical (unpaired) electrons. The van der Waals surface area contributed by atoms with Crippen LogP contribution in [0.3, 0.4) is 0 Å². The van der Waals surface area contributed by atoms with Gasteiger partial charge in [-0.3, -0.25) is 4.79 Å². The number of rotatable bonds is 9. The fourth-order valence-electron chi connectivity index (χ4n) is 2.17. The van der Waals surface area contributed by atoms with Gasteiger partial charge in [-0.1, -0.05) is 45.2 Å². The lowest BCUT2D eigenvalue weighted by Gasteiger charge is -2.17. The topological polar surface area (TPSA) is 64.6 Å². The van der Waals surface area contributed by atoms with Gasteiger partial charge in [0.25, 0.3) is 0 Å². The second-order valence-corrected chi connectivity index (χ2v) is 5.40. The number of hydrogen-bond donors (Lipinski definition) is 1. The Morgan fingerprint density at radius 2 is 1.91 bits per heavy atom. The van der Waals surface area contributed by atoms with Crippen LogP contribution in [0.2, 0.25) is 0 Å². The highest BCUT2D eigenvalue weighted by Crippen LogP contribution is 2.25. The van der Waals surface area contributed by atoms with Crippen molar-refractivity contribution >= 4 is 17.6 Å². The van der Waals surface area contributed by atoms with E-state index in [0.717, 1.165) is 12.8 Å². The molecule has 0 aliphatic heterocycles. The summed E-state index contributed by atoms with van der Waals surface area (Å²) in [4.78, 5) is 23.2. The summed E-state index contributed by atoms with van der Waals surface area (Å²) in [5, 5.41) is 2.54. The van der Waals surface area contributed by atoms with E-state index in [2.05, 4.69) is 23.9 Å². The summed E-state index contributed by atoms with van der Waals surface area (Å²) < 4.78 is 10.5. The Labute approximate surface area is 138 Å². The molecule has 1 rings (SSSR count). The normalized spacial score (nSPS) is 11.6. The maximum Gasteiger partial charge on any atom is 0.397 e. The maximum atomic E-state index is 11.7. The smallest absolute Gasteiger partial charge is 0.397 e. The number of amides is 1. The van der Waals surface area contributed by atoms with Crippen LogP contribution in [0.5, 0.6) is 5.75 Å². The van der Waals surface area contributed by atoms with Crippen LogP contribution in [0.25, 0.3) is 0 Å². The van der Waals surface area contributed by atoms with Gasteiger partial charge >= 0.3 is 11.9 Å². The van der Waals surface area contributed by atoms with Crippen LogP contribution < -0.4 is 10.1 Å². The van der Waals surface area contributed by atoms with Crippen molar-refractivity contribution in [2.45, 2.75) is 46.5 Å². The molecule has 0 spiro atoms. The monoisotopic (exact) mass is 321 g/mol. The van der Waals surface area contributed by atoms with Gasteiger partial charge in [0, 0.05) is 0 Å². The van der Waals surface area contributed by atoms with E-state index in [0.29, 0.717) is 24.0 Å². The van der Waals surface area contributed by atoms with E-state index < -0.39 is 11.9 Å². The molecule has 0 heterocycles. The molecule has 1 aromatic carbocycles. The molecule has 1 aromatic rings. The van der Waals surface area contributed by atoms with Gasteiger partial charge in [-0.2, -0.15) is 0 Å². The van der Waals surface area contributed by atoms with Crippen molar-refractivity contribution in [3.63, 3.8) is 0 Å². The van der Waals surface area contributed by atoms with Gasteiger partial charge in [0.1, 0.15) is 5.75 Å². The van der Waals surface area contributed by atoms with E-state index in [1.165, 1.54) is 12.8 Å². The minimum atomic E-state index is -0.892. The largest absolute Gasteiger partial charge is 0.491 e. The first-order valence-electron chi connectivity index (χ1n) is 8.32. The van der Waals surface area contributed by atoms with Gasteiger partial charge in [0.05, 0.1) is 18.9 Å². The number of anilines is 1. The van der Waals surface area contributed by atoms with Crippen LogP contribution in [0.15, 0.2) is 24.3 Å².